The number of ether oxygens (including phenoxy) is 1. The Morgan fingerprint density at radius 1 is 1.29 bits per heavy atom. The van der Waals surface area contributed by atoms with E-state index in [0.29, 0.717) is 34.0 Å². The topological polar surface area (TPSA) is 95.1 Å². The maximum absolute atomic E-state index is 13.4. The van der Waals surface area contributed by atoms with Gasteiger partial charge < -0.3 is 14.6 Å². The Bertz CT molecular complexity index is 1270. The zero-order chi connectivity index (χ0) is 21.5. The molecule has 1 fully saturated rings. The van der Waals surface area contributed by atoms with Crippen molar-refractivity contribution in [1.29, 1.82) is 0 Å². The van der Waals surface area contributed by atoms with Crippen molar-refractivity contribution in [2.75, 3.05) is 7.11 Å². The van der Waals surface area contributed by atoms with Crippen molar-refractivity contribution in [2.45, 2.75) is 31.7 Å². The van der Waals surface area contributed by atoms with Gasteiger partial charge >= 0.3 is 0 Å². The molecule has 1 aliphatic rings. The number of nitrogens with zero attached hydrogens (tertiary/aromatic N) is 4. The van der Waals surface area contributed by atoms with Crippen LogP contribution in [0.15, 0.2) is 47.1 Å². The van der Waals surface area contributed by atoms with E-state index in [-0.39, 0.29) is 11.9 Å². The minimum Gasteiger partial charge on any atom is -0.497 e. The maximum Gasteiger partial charge on any atom is 0.259 e. The number of aromatic nitrogens is 4. The number of amides is 1. The molecular formula is C23H23N5O3. The summed E-state index contributed by atoms with van der Waals surface area (Å²) in [6.45, 7) is 1.91. The standard InChI is InChI=1S/C23H23N5O3/c1-13(18-9-10-28(2)26-18)24-22(29)17-12-19(14-7-8-14)25-23-20(17)21(27-31-23)15-5-4-6-16(11-15)30-3/h4-6,9-14H,7-8H2,1-3H3,(H,24,29)/t13-/m0/s1. The van der Waals surface area contributed by atoms with E-state index in [9.17, 15) is 4.79 Å². The summed E-state index contributed by atoms with van der Waals surface area (Å²) >= 11 is 0. The van der Waals surface area contributed by atoms with Crippen molar-refractivity contribution in [3.05, 3.63) is 59.5 Å². The SMILES string of the molecule is COc1cccc(-c2noc3nc(C4CC4)cc(C(=O)N[C@@H](C)c4ccn(C)n4)c23)c1. The highest BCUT2D eigenvalue weighted by Gasteiger charge is 2.30. The van der Waals surface area contributed by atoms with Crippen LogP contribution in [0.5, 0.6) is 5.75 Å². The number of pyridine rings is 1. The normalized spacial score (nSPS) is 14.5. The molecule has 5 rings (SSSR count). The van der Waals surface area contributed by atoms with Crippen LogP contribution in [0.3, 0.4) is 0 Å². The fourth-order valence-electron chi connectivity index (χ4n) is 3.72. The van der Waals surface area contributed by atoms with Crippen LogP contribution >= 0.6 is 0 Å². The second kappa shape index (κ2) is 7.54. The van der Waals surface area contributed by atoms with Crippen LogP contribution in [0.4, 0.5) is 0 Å². The average Bonchev–Trinajstić information content (AvgIpc) is 3.40. The molecule has 31 heavy (non-hydrogen) atoms. The fraction of sp³-hybridized carbons (Fsp3) is 0.304. The molecule has 4 aromatic rings. The first kappa shape index (κ1) is 19.3. The van der Waals surface area contributed by atoms with Gasteiger partial charge in [0.25, 0.3) is 11.6 Å². The summed E-state index contributed by atoms with van der Waals surface area (Å²) in [5.41, 5.74) is 3.91. The van der Waals surface area contributed by atoms with Gasteiger partial charge in [0.1, 0.15) is 11.4 Å². The van der Waals surface area contributed by atoms with Crippen LogP contribution in [0.1, 0.15) is 53.5 Å². The van der Waals surface area contributed by atoms with Crippen molar-refractivity contribution in [2.24, 2.45) is 7.05 Å². The van der Waals surface area contributed by atoms with Gasteiger partial charge in [-0.15, -0.1) is 0 Å². The Balaban J connectivity index is 1.59. The summed E-state index contributed by atoms with van der Waals surface area (Å²) in [6, 6.07) is 11.0. The van der Waals surface area contributed by atoms with Gasteiger partial charge in [0.05, 0.1) is 29.8 Å². The number of benzene rings is 1. The number of aryl methyl sites for hydroxylation is 1. The lowest BCUT2D eigenvalue weighted by Crippen LogP contribution is -2.27. The second-order valence-electron chi connectivity index (χ2n) is 7.92. The fourth-order valence-corrected chi connectivity index (χ4v) is 3.72. The van der Waals surface area contributed by atoms with E-state index in [1.807, 2.05) is 56.6 Å². The van der Waals surface area contributed by atoms with Gasteiger partial charge in [-0.25, -0.2) is 4.98 Å². The molecule has 1 saturated carbocycles. The van der Waals surface area contributed by atoms with E-state index in [1.165, 1.54) is 0 Å². The largest absolute Gasteiger partial charge is 0.497 e. The predicted octanol–water partition coefficient (Wildman–Crippen LogP) is 4.00. The average molecular weight is 417 g/mol. The van der Waals surface area contributed by atoms with E-state index < -0.39 is 0 Å². The molecule has 158 valence electrons. The van der Waals surface area contributed by atoms with E-state index >= 15 is 0 Å². The first-order valence-electron chi connectivity index (χ1n) is 10.3. The van der Waals surface area contributed by atoms with Gasteiger partial charge in [-0.05, 0) is 44.0 Å². The summed E-state index contributed by atoms with van der Waals surface area (Å²) in [5, 5.41) is 12.3. The molecule has 0 unspecified atom stereocenters. The highest BCUT2D eigenvalue weighted by atomic mass is 16.5. The Kier molecular flexibility index (Phi) is 4.69. The summed E-state index contributed by atoms with van der Waals surface area (Å²) in [7, 11) is 3.46. The highest BCUT2D eigenvalue weighted by Crippen LogP contribution is 2.41. The zero-order valence-corrected chi connectivity index (χ0v) is 17.6. The van der Waals surface area contributed by atoms with Crippen LogP contribution in [0.25, 0.3) is 22.4 Å². The maximum atomic E-state index is 13.4. The molecule has 1 aliphatic carbocycles. The number of nitrogens with one attached hydrogen (secondary N) is 1. The highest BCUT2D eigenvalue weighted by molar-refractivity contribution is 6.09. The number of fused-ring (bicyclic) bond motifs is 1. The number of carbonyl (C=O) groups is 1. The van der Waals surface area contributed by atoms with E-state index in [2.05, 4.69) is 20.6 Å². The van der Waals surface area contributed by atoms with Crippen LogP contribution in [-0.2, 0) is 7.05 Å². The molecule has 8 heteroatoms. The molecule has 0 radical (unpaired) electrons. The molecule has 3 heterocycles. The Hall–Kier alpha value is -3.68. The number of hydrogen-bond acceptors (Lipinski definition) is 6. The Labute approximate surface area is 179 Å². The van der Waals surface area contributed by atoms with Crippen LogP contribution in [0.2, 0.25) is 0 Å². The Morgan fingerprint density at radius 2 is 2.13 bits per heavy atom. The third kappa shape index (κ3) is 3.65. The molecular weight excluding hydrogens is 394 g/mol. The van der Waals surface area contributed by atoms with Crippen LogP contribution < -0.4 is 10.1 Å². The van der Waals surface area contributed by atoms with Crippen molar-refractivity contribution in [3.63, 3.8) is 0 Å². The molecule has 8 nitrogen and oxygen atoms in total. The van der Waals surface area contributed by atoms with Crippen molar-refractivity contribution < 1.29 is 14.1 Å². The second-order valence-corrected chi connectivity index (χ2v) is 7.92. The number of methoxy groups -OCH3 is 1. The molecule has 3 aromatic heterocycles. The molecule has 1 atom stereocenters. The monoisotopic (exact) mass is 417 g/mol. The zero-order valence-electron chi connectivity index (χ0n) is 17.6. The van der Waals surface area contributed by atoms with Gasteiger partial charge in [0, 0.05) is 30.4 Å². The number of carbonyl (C=O) groups excluding carboxylic acids is 1. The van der Waals surface area contributed by atoms with Crippen molar-refractivity contribution in [3.8, 4) is 17.0 Å². The minimum absolute atomic E-state index is 0.209. The number of hydrogen-bond donors (Lipinski definition) is 1. The van der Waals surface area contributed by atoms with Crippen LogP contribution in [0, 0.1) is 0 Å². The minimum atomic E-state index is -0.249. The molecule has 1 aromatic carbocycles. The van der Waals surface area contributed by atoms with E-state index in [1.54, 1.807) is 11.8 Å². The van der Waals surface area contributed by atoms with Crippen molar-refractivity contribution >= 4 is 17.0 Å². The van der Waals surface area contributed by atoms with Gasteiger partial charge in [0.15, 0.2) is 0 Å². The lowest BCUT2D eigenvalue weighted by Gasteiger charge is -2.13. The predicted molar refractivity (Wildman–Crippen MR) is 115 cm³/mol. The van der Waals surface area contributed by atoms with Crippen molar-refractivity contribution in [1.82, 2.24) is 25.2 Å². The molecule has 0 bridgehead atoms. The first-order chi connectivity index (χ1) is 15.0. The Morgan fingerprint density at radius 3 is 2.84 bits per heavy atom. The van der Waals surface area contributed by atoms with E-state index in [4.69, 9.17) is 9.26 Å². The van der Waals surface area contributed by atoms with Gasteiger partial charge in [-0.2, -0.15) is 5.10 Å². The van der Waals surface area contributed by atoms with E-state index in [0.717, 1.165) is 29.8 Å². The quantitative estimate of drug-likeness (QED) is 0.509. The number of rotatable bonds is 6. The van der Waals surface area contributed by atoms with Gasteiger partial charge in [-0.3, -0.25) is 9.48 Å². The molecule has 0 aliphatic heterocycles. The third-order valence-electron chi connectivity index (χ3n) is 5.58. The lowest BCUT2D eigenvalue weighted by atomic mass is 10.0. The van der Waals surface area contributed by atoms with Crippen LogP contribution in [-0.4, -0.2) is 32.9 Å². The molecule has 1 N–H and O–H groups in total. The summed E-state index contributed by atoms with van der Waals surface area (Å²) in [4.78, 5) is 18.0. The lowest BCUT2D eigenvalue weighted by molar-refractivity contribution is 0.0940. The summed E-state index contributed by atoms with van der Waals surface area (Å²) in [5.74, 6) is 0.861. The molecule has 1 amide bonds. The smallest absolute Gasteiger partial charge is 0.259 e. The molecule has 0 spiro atoms. The molecule has 0 saturated heterocycles. The van der Waals surface area contributed by atoms with Gasteiger partial charge in [-0.1, -0.05) is 17.3 Å². The third-order valence-corrected chi connectivity index (χ3v) is 5.58. The van der Waals surface area contributed by atoms with Gasteiger partial charge in [0.2, 0.25) is 0 Å². The first-order valence-corrected chi connectivity index (χ1v) is 10.3. The summed E-state index contributed by atoms with van der Waals surface area (Å²) in [6.07, 6.45) is 4.00. The summed E-state index contributed by atoms with van der Waals surface area (Å²) < 4.78 is 12.6.